The second-order valence-corrected chi connectivity index (χ2v) is 10.4. The van der Waals surface area contributed by atoms with Crippen LogP contribution in [0.25, 0.3) is 17.3 Å². The number of aryl methyl sites for hydroxylation is 1. The topological polar surface area (TPSA) is 107 Å². The van der Waals surface area contributed by atoms with Crippen LogP contribution in [-0.2, 0) is 25.4 Å². The summed E-state index contributed by atoms with van der Waals surface area (Å²) >= 11 is 13.7. The van der Waals surface area contributed by atoms with E-state index in [0.717, 1.165) is 17.8 Å². The quantitative estimate of drug-likeness (QED) is 0.115. The van der Waals surface area contributed by atoms with Crippen LogP contribution in [0.2, 0.25) is 10.0 Å². The highest BCUT2D eigenvalue weighted by molar-refractivity contribution is 7.14. The van der Waals surface area contributed by atoms with Crippen LogP contribution >= 0.6 is 34.5 Å². The van der Waals surface area contributed by atoms with Crippen LogP contribution in [0.3, 0.4) is 0 Å². The average Bonchev–Trinajstić information content (AvgIpc) is 3.38. The molecule has 0 saturated heterocycles. The SMILES string of the molecule is COC(=Cc1c(Cl)cc(C(=O)Nc2nc(-c3cccc(CCCOCCC(C)OC)c3F)cs2)cc1Cl)C(=O)O. The number of hydrogen-bond donors (Lipinski definition) is 2. The first-order chi connectivity index (χ1) is 19.1. The molecule has 0 fully saturated rings. The van der Waals surface area contributed by atoms with Crippen LogP contribution in [0.4, 0.5) is 9.52 Å². The fourth-order valence-electron chi connectivity index (χ4n) is 3.62. The molecule has 214 valence electrons. The molecule has 2 N–H and O–H groups in total. The number of aliphatic carboxylic acids is 1. The minimum absolute atomic E-state index is 0.0575. The summed E-state index contributed by atoms with van der Waals surface area (Å²) < 4.78 is 30.9. The zero-order valence-corrected chi connectivity index (χ0v) is 24.5. The lowest BCUT2D eigenvalue weighted by molar-refractivity contribution is -0.135. The average molecular weight is 612 g/mol. The Hall–Kier alpha value is -3.02. The number of amides is 1. The number of ether oxygens (including phenoxy) is 3. The van der Waals surface area contributed by atoms with Crippen molar-refractivity contribution < 1.29 is 33.3 Å². The van der Waals surface area contributed by atoms with Crippen LogP contribution in [0.15, 0.2) is 41.5 Å². The zero-order chi connectivity index (χ0) is 29.2. The number of nitrogens with zero attached hydrogens (tertiary/aromatic N) is 1. The minimum atomic E-state index is -1.30. The van der Waals surface area contributed by atoms with Crippen molar-refractivity contribution in [2.75, 3.05) is 32.8 Å². The van der Waals surface area contributed by atoms with E-state index in [0.29, 0.717) is 42.9 Å². The molecule has 0 bridgehead atoms. The molecular weight excluding hydrogens is 582 g/mol. The molecule has 1 atom stereocenters. The summed E-state index contributed by atoms with van der Waals surface area (Å²) in [6.45, 7) is 3.08. The molecule has 12 heteroatoms. The van der Waals surface area contributed by atoms with Gasteiger partial charge in [-0.25, -0.2) is 14.2 Å². The summed E-state index contributed by atoms with van der Waals surface area (Å²) in [4.78, 5) is 28.4. The summed E-state index contributed by atoms with van der Waals surface area (Å²) in [5, 5.41) is 13.8. The first kappa shape index (κ1) is 31.5. The third kappa shape index (κ3) is 8.49. The molecule has 0 spiro atoms. The maximum atomic E-state index is 15.3. The van der Waals surface area contributed by atoms with E-state index < -0.39 is 11.9 Å². The van der Waals surface area contributed by atoms with Gasteiger partial charge in [0.05, 0.1) is 29.0 Å². The summed E-state index contributed by atoms with van der Waals surface area (Å²) in [7, 11) is 2.87. The van der Waals surface area contributed by atoms with E-state index >= 15 is 4.39 Å². The number of rotatable bonds is 14. The molecule has 1 aromatic heterocycles. The number of carbonyl (C=O) groups is 2. The predicted octanol–water partition coefficient (Wildman–Crippen LogP) is 6.95. The number of halogens is 3. The molecule has 8 nitrogen and oxygen atoms in total. The Kier molecular flexibility index (Phi) is 11.9. The highest BCUT2D eigenvalue weighted by atomic mass is 35.5. The Morgan fingerprint density at radius 2 is 1.93 bits per heavy atom. The molecule has 0 aliphatic carbocycles. The number of methoxy groups -OCH3 is 2. The smallest absolute Gasteiger partial charge is 0.371 e. The van der Waals surface area contributed by atoms with E-state index in [2.05, 4.69) is 10.3 Å². The van der Waals surface area contributed by atoms with E-state index in [4.69, 9.17) is 42.5 Å². The molecule has 0 saturated carbocycles. The molecule has 40 heavy (non-hydrogen) atoms. The Morgan fingerprint density at radius 1 is 1.20 bits per heavy atom. The molecule has 1 heterocycles. The predicted molar refractivity (Wildman–Crippen MR) is 155 cm³/mol. The molecule has 0 aliphatic rings. The van der Waals surface area contributed by atoms with Gasteiger partial charge in [-0.2, -0.15) is 0 Å². The van der Waals surface area contributed by atoms with Crippen molar-refractivity contribution in [2.45, 2.75) is 32.3 Å². The molecule has 0 radical (unpaired) electrons. The van der Waals surface area contributed by atoms with Crippen LogP contribution < -0.4 is 5.32 Å². The first-order valence-electron chi connectivity index (χ1n) is 12.3. The second-order valence-electron chi connectivity index (χ2n) is 8.69. The van der Waals surface area contributed by atoms with Crippen LogP contribution in [0.5, 0.6) is 0 Å². The minimum Gasteiger partial charge on any atom is -0.490 e. The van der Waals surface area contributed by atoms with E-state index in [1.165, 1.54) is 25.3 Å². The van der Waals surface area contributed by atoms with Gasteiger partial charge in [0.2, 0.25) is 5.76 Å². The number of nitrogens with one attached hydrogen (secondary N) is 1. The monoisotopic (exact) mass is 610 g/mol. The molecule has 0 aliphatic heterocycles. The molecule has 2 aromatic carbocycles. The molecule has 3 rings (SSSR count). The Balaban J connectivity index is 1.66. The van der Waals surface area contributed by atoms with Gasteiger partial charge in [-0.1, -0.05) is 35.3 Å². The maximum Gasteiger partial charge on any atom is 0.371 e. The van der Waals surface area contributed by atoms with Gasteiger partial charge in [0.1, 0.15) is 5.82 Å². The van der Waals surface area contributed by atoms with Gasteiger partial charge in [-0.15, -0.1) is 11.3 Å². The number of carboxylic acids is 1. The number of carboxylic acid groups (broad SMARTS) is 1. The highest BCUT2D eigenvalue weighted by Gasteiger charge is 2.18. The van der Waals surface area contributed by atoms with Crippen molar-refractivity contribution in [3.8, 4) is 11.3 Å². The standard InChI is InChI=1S/C28H29Cl2FN2O6S/c1-16(37-2)9-11-39-10-5-7-17-6-4-8-19(25(17)31)23-15-40-28(32-23)33-26(34)18-12-21(29)20(22(30)13-18)14-24(38-3)27(35)36/h4,6,8,12-16H,5,7,9-11H2,1-3H3,(H,35,36)(H,32,33,34). The van der Waals surface area contributed by atoms with Gasteiger partial charge in [-0.3, -0.25) is 10.1 Å². The van der Waals surface area contributed by atoms with Crippen LogP contribution in [0, 0.1) is 5.82 Å². The van der Waals surface area contributed by atoms with Crippen molar-refractivity contribution in [3.63, 3.8) is 0 Å². The Labute approximate surface area is 245 Å². The van der Waals surface area contributed by atoms with Crippen molar-refractivity contribution in [1.29, 1.82) is 0 Å². The third-order valence-corrected chi connectivity index (χ3v) is 7.32. The molecule has 1 amide bonds. The third-order valence-electron chi connectivity index (χ3n) is 5.93. The lowest BCUT2D eigenvalue weighted by Crippen LogP contribution is -2.12. The second kappa shape index (κ2) is 15.1. The molecule has 1 unspecified atom stereocenters. The Bertz CT molecular complexity index is 1360. The maximum absolute atomic E-state index is 15.3. The highest BCUT2D eigenvalue weighted by Crippen LogP contribution is 2.31. The van der Waals surface area contributed by atoms with Gasteiger partial charge in [0.25, 0.3) is 5.91 Å². The summed E-state index contributed by atoms with van der Waals surface area (Å²) in [5.74, 6) is -2.57. The van der Waals surface area contributed by atoms with Crippen molar-refractivity contribution in [1.82, 2.24) is 4.98 Å². The largest absolute Gasteiger partial charge is 0.490 e. The lowest BCUT2D eigenvalue weighted by atomic mass is 10.0. The number of hydrogen-bond acceptors (Lipinski definition) is 7. The summed E-state index contributed by atoms with van der Waals surface area (Å²) in [5.41, 5.74) is 1.60. The van der Waals surface area contributed by atoms with E-state index in [-0.39, 0.29) is 44.0 Å². The summed E-state index contributed by atoms with van der Waals surface area (Å²) in [6.07, 6.45) is 3.28. The zero-order valence-electron chi connectivity index (χ0n) is 22.1. The van der Waals surface area contributed by atoms with Crippen molar-refractivity contribution >= 4 is 57.6 Å². The van der Waals surface area contributed by atoms with Gasteiger partial charge < -0.3 is 19.3 Å². The fourth-order valence-corrected chi connectivity index (χ4v) is 4.92. The van der Waals surface area contributed by atoms with E-state index in [1.807, 2.05) is 6.92 Å². The number of carbonyl (C=O) groups excluding carboxylic acids is 1. The van der Waals surface area contributed by atoms with Crippen molar-refractivity contribution in [2.24, 2.45) is 0 Å². The van der Waals surface area contributed by atoms with Gasteiger partial charge in [0, 0.05) is 42.4 Å². The number of thiazole rings is 1. The van der Waals surface area contributed by atoms with Crippen LogP contribution in [-0.4, -0.2) is 55.5 Å². The Morgan fingerprint density at radius 3 is 2.58 bits per heavy atom. The van der Waals surface area contributed by atoms with Crippen molar-refractivity contribution in [3.05, 3.63) is 74.0 Å². The van der Waals surface area contributed by atoms with E-state index in [9.17, 15) is 9.59 Å². The lowest BCUT2D eigenvalue weighted by Gasteiger charge is -2.10. The van der Waals surface area contributed by atoms with Gasteiger partial charge >= 0.3 is 5.97 Å². The van der Waals surface area contributed by atoms with Gasteiger partial charge in [-0.05, 0) is 56.0 Å². The first-order valence-corrected chi connectivity index (χ1v) is 13.9. The van der Waals surface area contributed by atoms with E-state index in [1.54, 1.807) is 30.7 Å². The number of benzene rings is 2. The molecule has 3 aromatic rings. The van der Waals surface area contributed by atoms with Crippen LogP contribution in [0.1, 0.15) is 41.3 Å². The fraction of sp³-hybridized carbons (Fsp3) is 0.321. The molecular formula is C28H29Cl2FN2O6S. The van der Waals surface area contributed by atoms with Gasteiger partial charge in [0.15, 0.2) is 5.13 Å². The number of aromatic nitrogens is 1. The normalized spacial score (nSPS) is 12.3. The summed E-state index contributed by atoms with van der Waals surface area (Å²) in [6, 6.07) is 7.84. The number of anilines is 1.